The molecule has 8 rings (SSSR count). The minimum atomic E-state index is -1.05. The molecule has 2 bridgehead atoms. The molecular weight excluding hydrogens is 556 g/mol. The minimum absolute atomic E-state index is 0.224. The number of anilines is 1. The van der Waals surface area contributed by atoms with E-state index in [2.05, 4.69) is 31.4 Å². The van der Waals surface area contributed by atoms with E-state index in [0.717, 1.165) is 26.7 Å². The molecule has 0 saturated carbocycles. The fourth-order valence-electron chi connectivity index (χ4n) is 6.65. The number of carbonyl (C=O) groups is 3. The van der Waals surface area contributed by atoms with Crippen molar-refractivity contribution in [2.75, 3.05) is 4.90 Å². The molecule has 3 amide bonds. The van der Waals surface area contributed by atoms with Crippen molar-refractivity contribution in [3.05, 3.63) is 130 Å². The molecule has 7 nitrogen and oxygen atoms in total. The number of imide groups is 1. The quantitative estimate of drug-likeness (QED) is 0.214. The number of hydrogen-bond acceptors (Lipinski definition) is 5. The van der Waals surface area contributed by atoms with Gasteiger partial charge in [-0.1, -0.05) is 64.5 Å². The number of nitrogens with zero attached hydrogens (tertiary/aromatic N) is 3. The van der Waals surface area contributed by atoms with Crippen molar-refractivity contribution in [2.24, 2.45) is 16.9 Å². The van der Waals surface area contributed by atoms with Gasteiger partial charge in [-0.05, 0) is 58.7 Å². The standard InChI is InChI=1S/C31H21BrN4O3/c32-19-11-13-20(14-12-19)36-29(38)26-25-21-7-1-3-9-23(21)31(27(26)30(36)39,24-10-4-2-8-22(24)25)17-34-35-28(37)18-6-5-15-33-16-18/h1-17,25-27H,(H,35,37). The maximum absolute atomic E-state index is 14.3. The van der Waals surface area contributed by atoms with Crippen molar-refractivity contribution in [3.63, 3.8) is 0 Å². The normalized spacial score (nSPS) is 24.4. The highest BCUT2D eigenvalue weighted by Gasteiger charge is 2.68. The summed E-state index contributed by atoms with van der Waals surface area (Å²) in [5.74, 6) is -2.50. The predicted octanol–water partition coefficient (Wildman–Crippen LogP) is 4.81. The van der Waals surface area contributed by atoms with E-state index >= 15 is 0 Å². The smallest absolute Gasteiger partial charge is 0.272 e. The van der Waals surface area contributed by atoms with Gasteiger partial charge in [-0.3, -0.25) is 19.4 Å². The largest absolute Gasteiger partial charge is 0.274 e. The maximum Gasteiger partial charge on any atom is 0.272 e. The van der Waals surface area contributed by atoms with E-state index in [1.165, 1.54) is 11.1 Å². The first-order valence-corrected chi connectivity index (χ1v) is 13.4. The summed E-state index contributed by atoms with van der Waals surface area (Å²) in [6, 6.07) is 26.4. The Hall–Kier alpha value is -4.43. The molecule has 1 aliphatic heterocycles. The summed E-state index contributed by atoms with van der Waals surface area (Å²) in [7, 11) is 0. The van der Waals surface area contributed by atoms with Crippen molar-refractivity contribution >= 4 is 45.6 Å². The van der Waals surface area contributed by atoms with E-state index in [0.29, 0.717) is 11.3 Å². The Kier molecular flexibility index (Phi) is 5.35. The molecule has 1 N–H and O–H groups in total. The van der Waals surface area contributed by atoms with Gasteiger partial charge < -0.3 is 0 Å². The van der Waals surface area contributed by atoms with Crippen LogP contribution >= 0.6 is 15.9 Å². The SMILES string of the molecule is O=C(NN=CC12c3ccccc3C(c3ccccc31)C1C(=O)N(c3ccc(Br)cc3)C(=O)C12)c1cccnc1. The summed E-state index contributed by atoms with van der Waals surface area (Å²) in [6.07, 6.45) is 4.71. The number of carbonyl (C=O) groups excluding carboxylic acids is 3. The maximum atomic E-state index is 14.3. The number of halogens is 1. The van der Waals surface area contributed by atoms with Crippen LogP contribution < -0.4 is 10.3 Å². The lowest BCUT2D eigenvalue weighted by atomic mass is 9.47. The highest BCUT2D eigenvalue weighted by atomic mass is 79.9. The van der Waals surface area contributed by atoms with Crippen LogP contribution in [0.1, 0.15) is 38.5 Å². The molecule has 4 aromatic rings. The highest BCUT2D eigenvalue weighted by molar-refractivity contribution is 9.10. The van der Waals surface area contributed by atoms with Crippen LogP contribution in [0.5, 0.6) is 0 Å². The summed E-state index contributed by atoms with van der Waals surface area (Å²) in [6.45, 7) is 0. The number of hydrazone groups is 1. The van der Waals surface area contributed by atoms with Gasteiger partial charge in [-0.2, -0.15) is 5.10 Å². The number of aromatic nitrogens is 1. The van der Waals surface area contributed by atoms with E-state index in [-0.39, 0.29) is 17.7 Å². The second kappa shape index (κ2) is 8.81. The molecule has 0 spiro atoms. The molecule has 8 heteroatoms. The van der Waals surface area contributed by atoms with Crippen LogP contribution in [-0.2, 0) is 15.0 Å². The van der Waals surface area contributed by atoms with E-state index in [1.807, 2.05) is 60.7 Å². The predicted molar refractivity (Wildman–Crippen MR) is 149 cm³/mol. The van der Waals surface area contributed by atoms with Crippen molar-refractivity contribution in [2.45, 2.75) is 11.3 Å². The number of benzene rings is 3. The van der Waals surface area contributed by atoms with E-state index in [1.54, 1.807) is 36.7 Å². The second-order valence-corrected chi connectivity index (χ2v) is 10.9. The van der Waals surface area contributed by atoms with Crippen molar-refractivity contribution in [3.8, 4) is 0 Å². The zero-order chi connectivity index (χ0) is 26.7. The third-order valence-electron chi connectivity index (χ3n) is 8.13. The van der Waals surface area contributed by atoms with Gasteiger partial charge in [0.1, 0.15) is 0 Å². The fourth-order valence-corrected chi connectivity index (χ4v) is 6.91. The van der Waals surface area contributed by atoms with E-state index < -0.39 is 23.2 Å². The average Bonchev–Trinajstić information content (AvgIpc) is 3.25. The number of rotatable bonds is 4. The van der Waals surface area contributed by atoms with Crippen LogP contribution in [0.25, 0.3) is 0 Å². The van der Waals surface area contributed by atoms with Gasteiger partial charge in [0.05, 0.1) is 28.5 Å². The van der Waals surface area contributed by atoms with Gasteiger partial charge in [0, 0.05) is 29.0 Å². The van der Waals surface area contributed by atoms with Crippen molar-refractivity contribution in [1.82, 2.24) is 10.4 Å². The van der Waals surface area contributed by atoms with Crippen LogP contribution in [0.4, 0.5) is 5.69 Å². The topological polar surface area (TPSA) is 91.7 Å². The molecule has 2 unspecified atom stereocenters. The van der Waals surface area contributed by atoms with Gasteiger partial charge >= 0.3 is 0 Å². The molecule has 2 atom stereocenters. The fraction of sp³-hybridized carbons (Fsp3) is 0.129. The first-order valence-electron chi connectivity index (χ1n) is 12.6. The summed E-state index contributed by atoms with van der Waals surface area (Å²) >= 11 is 3.43. The lowest BCUT2D eigenvalue weighted by molar-refractivity contribution is -0.122. The first kappa shape index (κ1) is 23.7. The molecule has 39 heavy (non-hydrogen) atoms. The first-order chi connectivity index (χ1) is 19.0. The number of nitrogens with one attached hydrogen (secondary N) is 1. The molecule has 0 radical (unpaired) electrons. The van der Waals surface area contributed by atoms with Crippen LogP contribution in [0.3, 0.4) is 0 Å². The van der Waals surface area contributed by atoms with Crippen LogP contribution in [0.15, 0.2) is 107 Å². The Morgan fingerprint density at radius 3 is 2.21 bits per heavy atom. The van der Waals surface area contributed by atoms with Gasteiger partial charge in [-0.25, -0.2) is 10.3 Å². The molecule has 4 aliphatic rings. The van der Waals surface area contributed by atoms with E-state index in [9.17, 15) is 14.4 Å². The van der Waals surface area contributed by atoms with Gasteiger partial charge in [-0.15, -0.1) is 0 Å². The average molecular weight is 577 g/mol. The number of pyridine rings is 1. The van der Waals surface area contributed by atoms with Crippen LogP contribution in [0.2, 0.25) is 0 Å². The zero-order valence-electron chi connectivity index (χ0n) is 20.5. The molecule has 3 aliphatic carbocycles. The van der Waals surface area contributed by atoms with Crippen molar-refractivity contribution in [1.29, 1.82) is 0 Å². The highest BCUT2D eigenvalue weighted by Crippen LogP contribution is 2.63. The molecule has 1 saturated heterocycles. The number of hydrogen-bond donors (Lipinski definition) is 1. The third kappa shape index (κ3) is 3.31. The molecular formula is C31H21BrN4O3. The summed E-state index contributed by atoms with van der Waals surface area (Å²) in [5, 5.41) is 4.43. The van der Waals surface area contributed by atoms with Crippen molar-refractivity contribution < 1.29 is 14.4 Å². The number of amides is 3. The summed E-state index contributed by atoms with van der Waals surface area (Å²) < 4.78 is 0.857. The third-order valence-corrected chi connectivity index (χ3v) is 8.66. The molecule has 190 valence electrons. The zero-order valence-corrected chi connectivity index (χ0v) is 22.1. The van der Waals surface area contributed by atoms with Crippen LogP contribution in [-0.4, -0.2) is 28.9 Å². The molecule has 2 heterocycles. The summed E-state index contributed by atoms with van der Waals surface area (Å²) in [4.78, 5) is 46.5. The lowest BCUT2D eigenvalue weighted by Crippen LogP contribution is -2.54. The Morgan fingerprint density at radius 1 is 0.897 bits per heavy atom. The summed E-state index contributed by atoms with van der Waals surface area (Å²) in [5.41, 5.74) is 6.32. The Balaban J connectivity index is 1.41. The Labute approximate surface area is 232 Å². The molecule has 1 aromatic heterocycles. The van der Waals surface area contributed by atoms with Gasteiger partial charge in [0.2, 0.25) is 11.8 Å². The molecule has 1 fully saturated rings. The lowest BCUT2D eigenvalue weighted by Gasteiger charge is -2.52. The van der Waals surface area contributed by atoms with Gasteiger partial charge in [0.15, 0.2) is 0 Å². The van der Waals surface area contributed by atoms with Crippen LogP contribution in [0, 0.1) is 11.8 Å². The van der Waals surface area contributed by atoms with Gasteiger partial charge in [0.25, 0.3) is 5.91 Å². The molecule has 3 aromatic carbocycles. The van der Waals surface area contributed by atoms with E-state index in [4.69, 9.17) is 0 Å². The Morgan fingerprint density at radius 2 is 1.56 bits per heavy atom. The minimum Gasteiger partial charge on any atom is -0.274 e. The monoisotopic (exact) mass is 576 g/mol. The Bertz CT molecular complexity index is 1640. The second-order valence-electron chi connectivity index (χ2n) is 9.95.